The number of halogens is 4. The van der Waals surface area contributed by atoms with Crippen molar-refractivity contribution in [2.24, 2.45) is 0 Å². The number of benzene rings is 1. The number of thiazole rings is 1. The summed E-state index contributed by atoms with van der Waals surface area (Å²) < 4.78 is 49.9. The maximum absolute atomic E-state index is 12.9. The van der Waals surface area contributed by atoms with E-state index in [0.29, 0.717) is 11.3 Å². The van der Waals surface area contributed by atoms with Gasteiger partial charge in [0.15, 0.2) is 0 Å². The summed E-state index contributed by atoms with van der Waals surface area (Å²) in [5.41, 5.74) is 1.22. The van der Waals surface area contributed by atoms with Gasteiger partial charge in [-0.2, -0.15) is 8.78 Å². The van der Waals surface area contributed by atoms with Gasteiger partial charge in [-0.05, 0) is 19.1 Å². The predicted molar refractivity (Wildman–Crippen MR) is 71.9 cm³/mol. The minimum Gasteiger partial charge on any atom is -0.321 e. The minimum absolute atomic E-state index is 0.00322. The quantitative estimate of drug-likeness (QED) is 0.867. The summed E-state index contributed by atoms with van der Waals surface area (Å²) in [5.74, 6) is -6.77. The zero-order valence-electron chi connectivity index (χ0n) is 10.7. The monoisotopic (exact) mass is 318 g/mol. The van der Waals surface area contributed by atoms with Crippen LogP contribution in [0, 0.1) is 6.92 Å². The van der Waals surface area contributed by atoms with E-state index in [-0.39, 0.29) is 5.69 Å². The zero-order chi connectivity index (χ0) is 15.6. The van der Waals surface area contributed by atoms with Crippen LogP contribution in [0.2, 0.25) is 0 Å². The number of aryl methyl sites for hydroxylation is 1. The summed E-state index contributed by atoms with van der Waals surface area (Å²) >= 11 is 1.41. The number of rotatable bonds is 4. The number of anilines is 1. The van der Waals surface area contributed by atoms with Crippen LogP contribution >= 0.6 is 11.3 Å². The van der Waals surface area contributed by atoms with Crippen LogP contribution in [0.3, 0.4) is 0 Å². The molecule has 1 aromatic heterocycles. The molecule has 0 aliphatic heterocycles. The lowest BCUT2D eigenvalue weighted by Crippen LogP contribution is -2.40. The van der Waals surface area contributed by atoms with Crippen LogP contribution in [0.4, 0.5) is 23.2 Å². The van der Waals surface area contributed by atoms with Crippen LogP contribution in [-0.2, 0) is 4.79 Å². The first-order valence-electron chi connectivity index (χ1n) is 5.80. The van der Waals surface area contributed by atoms with E-state index >= 15 is 0 Å². The van der Waals surface area contributed by atoms with Crippen molar-refractivity contribution in [2.45, 2.75) is 19.3 Å². The summed E-state index contributed by atoms with van der Waals surface area (Å²) in [6.07, 6.45) is -4.05. The van der Waals surface area contributed by atoms with Crippen molar-refractivity contribution in [1.82, 2.24) is 4.98 Å². The van der Waals surface area contributed by atoms with Crippen molar-refractivity contribution >= 4 is 22.9 Å². The highest BCUT2D eigenvalue weighted by atomic mass is 32.1. The second-order valence-electron chi connectivity index (χ2n) is 4.21. The Bertz CT molecular complexity index is 657. The highest BCUT2D eigenvalue weighted by Gasteiger charge is 2.48. The highest BCUT2D eigenvalue weighted by Crippen LogP contribution is 2.27. The van der Waals surface area contributed by atoms with Crippen molar-refractivity contribution in [3.8, 4) is 11.3 Å². The summed E-state index contributed by atoms with van der Waals surface area (Å²) in [6.45, 7) is 1.81. The Balaban J connectivity index is 2.21. The van der Waals surface area contributed by atoms with E-state index < -0.39 is 18.3 Å². The van der Waals surface area contributed by atoms with E-state index in [2.05, 4.69) is 4.98 Å². The van der Waals surface area contributed by atoms with E-state index in [0.717, 1.165) is 5.01 Å². The van der Waals surface area contributed by atoms with Gasteiger partial charge in [-0.1, -0.05) is 12.1 Å². The van der Waals surface area contributed by atoms with Crippen LogP contribution in [0.5, 0.6) is 0 Å². The predicted octanol–water partition coefficient (Wildman–Crippen LogP) is 3.96. The Hall–Kier alpha value is -1.96. The molecule has 0 radical (unpaired) electrons. The molecule has 0 saturated carbocycles. The van der Waals surface area contributed by atoms with E-state index in [4.69, 9.17) is 0 Å². The lowest BCUT2D eigenvalue weighted by molar-refractivity contribution is -0.163. The molecular weight excluding hydrogens is 308 g/mol. The molecule has 0 unspecified atom stereocenters. The smallest absolute Gasteiger partial charge is 0.321 e. The first-order valence-corrected chi connectivity index (χ1v) is 6.68. The van der Waals surface area contributed by atoms with Crippen LogP contribution < -0.4 is 5.32 Å². The van der Waals surface area contributed by atoms with Crippen LogP contribution in [0.1, 0.15) is 5.01 Å². The van der Waals surface area contributed by atoms with E-state index in [1.165, 1.54) is 29.5 Å². The third-order valence-corrected chi connectivity index (χ3v) is 3.39. The molecule has 0 bridgehead atoms. The van der Waals surface area contributed by atoms with Crippen molar-refractivity contribution in [2.75, 3.05) is 5.32 Å². The summed E-state index contributed by atoms with van der Waals surface area (Å²) in [6, 6.07) is 5.92. The Kier molecular flexibility index (Phi) is 4.26. The Morgan fingerprint density at radius 2 is 2.10 bits per heavy atom. The molecule has 1 N–H and O–H groups in total. The van der Waals surface area contributed by atoms with Crippen molar-refractivity contribution in [3.63, 3.8) is 0 Å². The Morgan fingerprint density at radius 1 is 1.38 bits per heavy atom. The van der Waals surface area contributed by atoms with Gasteiger partial charge in [0.25, 0.3) is 0 Å². The van der Waals surface area contributed by atoms with Gasteiger partial charge in [-0.3, -0.25) is 4.79 Å². The number of hydrogen-bond donors (Lipinski definition) is 1. The molecule has 1 amide bonds. The number of nitrogens with zero attached hydrogens (tertiary/aromatic N) is 1. The number of nitrogens with one attached hydrogen (secondary N) is 1. The molecule has 0 spiro atoms. The van der Waals surface area contributed by atoms with E-state index in [9.17, 15) is 22.4 Å². The van der Waals surface area contributed by atoms with Gasteiger partial charge < -0.3 is 5.32 Å². The minimum atomic E-state index is -4.73. The SMILES string of the molecule is Cc1nc(-c2cccc(NC(=O)C(F)(F)C(F)F)c2)cs1. The number of alkyl halides is 4. The maximum Gasteiger partial charge on any atom is 0.383 e. The average Bonchev–Trinajstić information content (AvgIpc) is 2.85. The van der Waals surface area contributed by atoms with Gasteiger partial charge in [0.2, 0.25) is 0 Å². The van der Waals surface area contributed by atoms with Gasteiger partial charge in [0.1, 0.15) is 0 Å². The molecule has 0 fully saturated rings. The molecule has 0 saturated heterocycles. The molecule has 2 rings (SSSR count). The second kappa shape index (κ2) is 5.80. The zero-order valence-corrected chi connectivity index (χ0v) is 11.6. The Morgan fingerprint density at radius 3 is 2.67 bits per heavy atom. The molecule has 0 aliphatic carbocycles. The molecule has 112 valence electrons. The molecule has 1 heterocycles. The van der Waals surface area contributed by atoms with Crippen molar-refractivity contribution < 1.29 is 22.4 Å². The largest absolute Gasteiger partial charge is 0.383 e. The summed E-state index contributed by atoms with van der Waals surface area (Å²) in [5, 5.41) is 4.38. The molecule has 21 heavy (non-hydrogen) atoms. The molecule has 2 aromatic rings. The van der Waals surface area contributed by atoms with Gasteiger partial charge >= 0.3 is 18.3 Å². The number of hydrogen-bond acceptors (Lipinski definition) is 3. The summed E-state index contributed by atoms with van der Waals surface area (Å²) in [4.78, 5) is 15.4. The lowest BCUT2D eigenvalue weighted by Gasteiger charge is -2.15. The second-order valence-corrected chi connectivity index (χ2v) is 5.27. The van der Waals surface area contributed by atoms with Gasteiger partial charge in [-0.15, -0.1) is 11.3 Å². The standard InChI is InChI=1S/C13H10F4N2OS/c1-7-18-10(6-21-7)8-3-2-4-9(5-8)19-12(20)13(16,17)11(14)15/h2-6,11H,1H3,(H,19,20). The number of amides is 1. The molecule has 0 aliphatic rings. The first-order chi connectivity index (χ1) is 9.80. The lowest BCUT2D eigenvalue weighted by atomic mass is 10.1. The Labute approximate surface area is 121 Å². The van der Waals surface area contributed by atoms with E-state index in [1.807, 2.05) is 6.92 Å². The normalized spacial score (nSPS) is 11.7. The fourth-order valence-corrected chi connectivity index (χ4v) is 2.19. The van der Waals surface area contributed by atoms with Gasteiger partial charge in [-0.25, -0.2) is 13.8 Å². The number of carbonyl (C=O) groups excluding carboxylic acids is 1. The fourth-order valence-electron chi connectivity index (χ4n) is 1.57. The van der Waals surface area contributed by atoms with Gasteiger partial charge in [0, 0.05) is 16.6 Å². The number of aromatic nitrogens is 1. The van der Waals surface area contributed by atoms with Crippen LogP contribution in [0.15, 0.2) is 29.6 Å². The third-order valence-electron chi connectivity index (χ3n) is 2.61. The average molecular weight is 318 g/mol. The summed E-state index contributed by atoms with van der Waals surface area (Å²) in [7, 11) is 0. The molecule has 1 aromatic carbocycles. The van der Waals surface area contributed by atoms with Gasteiger partial charge in [0.05, 0.1) is 10.7 Å². The fraction of sp³-hybridized carbons (Fsp3) is 0.231. The van der Waals surface area contributed by atoms with Crippen molar-refractivity contribution in [3.05, 3.63) is 34.7 Å². The van der Waals surface area contributed by atoms with Crippen LogP contribution in [-0.4, -0.2) is 23.2 Å². The maximum atomic E-state index is 12.9. The number of carbonyl (C=O) groups is 1. The third kappa shape index (κ3) is 3.38. The topological polar surface area (TPSA) is 42.0 Å². The molecule has 3 nitrogen and oxygen atoms in total. The van der Waals surface area contributed by atoms with Crippen LogP contribution in [0.25, 0.3) is 11.3 Å². The first kappa shape index (κ1) is 15.4. The van der Waals surface area contributed by atoms with E-state index in [1.54, 1.807) is 16.8 Å². The molecule has 0 atom stereocenters. The molecule has 8 heteroatoms. The highest BCUT2D eigenvalue weighted by molar-refractivity contribution is 7.09. The van der Waals surface area contributed by atoms with Crippen molar-refractivity contribution in [1.29, 1.82) is 0 Å². The molecular formula is C13H10F4N2OS.